The van der Waals surface area contributed by atoms with Crippen LogP contribution in [0.4, 0.5) is 11.5 Å². The molecule has 1 fully saturated rings. The molecule has 7 heteroatoms. The number of fused-ring (bicyclic) bond motifs is 2. The third kappa shape index (κ3) is 6.00. The first-order valence-electron chi connectivity index (χ1n) is 13.6. The third-order valence-electron chi connectivity index (χ3n) is 8.31. The number of anilines is 2. The summed E-state index contributed by atoms with van der Waals surface area (Å²) in [5.41, 5.74) is 4.71. The first-order valence-corrected chi connectivity index (χ1v) is 13.6. The van der Waals surface area contributed by atoms with Crippen LogP contribution in [0.3, 0.4) is 0 Å². The van der Waals surface area contributed by atoms with Gasteiger partial charge in [-0.1, -0.05) is 24.3 Å². The van der Waals surface area contributed by atoms with Crippen LogP contribution in [0.1, 0.15) is 55.3 Å². The molecule has 192 valence electrons. The average Bonchev–Trinajstić information content (AvgIpc) is 2.91. The number of carbonyl (C=O) groups is 2. The lowest BCUT2D eigenvalue weighted by molar-refractivity contribution is -0.138. The molecular formula is C29H38N4O3. The molecule has 3 aliphatic heterocycles. The molecule has 0 bridgehead atoms. The summed E-state index contributed by atoms with van der Waals surface area (Å²) in [6.45, 7) is 3.34. The van der Waals surface area contributed by atoms with Crippen LogP contribution in [0.2, 0.25) is 0 Å². The molecule has 3 N–H and O–H groups in total. The predicted octanol–water partition coefficient (Wildman–Crippen LogP) is 4.38. The number of rotatable bonds is 8. The van der Waals surface area contributed by atoms with E-state index in [9.17, 15) is 14.7 Å². The van der Waals surface area contributed by atoms with Crippen molar-refractivity contribution in [3.05, 3.63) is 53.2 Å². The number of pyridine rings is 1. The highest BCUT2D eigenvalue weighted by molar-refractivity contribution is 5.76. The first-order chi connectivity index (χ1) is 17.5. The van der Waals surface area contributed by atoms with Crippen molar-refractivity contribution in [2.24, 2.45) is 17.8 Å². The molecule has 1 amide bonds. The quantitative estimate of drug-likeness (QED) is 0.509. The summed E-state index contributed by atoms with van der Waals surface area (Å²) in [7, 11) is 0. The van der Waals surface area contributed by atoms with Gasteiger partial charge in [0.2, 0.25) is 5.91 Å². The predicted molar refractivity (Wildman–Crippen MR) is 141 cm³/mol. The molecule has 5 rings (SSSR count). The molecule has 1 saturated heterocycles. The maximum Gasteiger partial charge on any atom is 0.303 e. The van der Waals surface area contributed by atoms with Crippen LogP contribution >= 0.6 is 0 Å². The zero-order valence-corrected chi connectivity index (χ0v) is 21.0. The largest absolute Gasteiger partial charge is 0.481 e. The zero-order valence-electron chi connectivity index (χ0n) is 21.0. The minimum Gasteiger partial charge on any atom is -0.481 e. The van der Waals surface area contributed by atoms with Crippen LogP contribution in [0, 0.1) is 17.8 Å². The van der Waals surface area contributed by atoms with Gasteiger partial charge in [0.25, 0.3) is 0 Å². The van der Waals surface area contributed by atoms with Crippen LogP contribution in [0.25, 0.3) is 0 Å². The lowest BCUT2D eigenvalue weighted by atomic mass is 9.75. The molecule has 0 radical (unpaired) electrons. The van der Waals surface area contributed by atoms with Gasteiger partial charge in [0.05, 0.1) is 0 Å². The van der Waals surface area contributed by atoms with Crippen molar-refractivity contribution < 1.29 is 14.7 Å². The number of carboxylic acid groups (broad SMARTS) is 1. The topological polar surface area (TPSA) is 94.6 Å². The number of hydrogen-bond donors (Lipinski definition) is 3. The van der Waals surface area contributed by atoms with Crippen molar-refractivity contribution in [2.75, 3.05) is 36.8 Å². The van der Waals surface area contributed by atoms with E-state index in [1.165, 1.54) is 16.8 Å². The Bertz CT molecular complexity index is 1080. The van der Waals surface area contributed by atoms with Crippen molar-refractivity contribution in [2.45, 2.75) is 57.8 Å². The van der Waals surface area contributed by atoms with Crippen LogP contribution in [0.5, 0.6) is 0 Å². The summed E-state index contributed by atoms with van der Waals surface area (Å²) in [6, 6.07) is 12.5. The maximum absolute atomic E-state index is 12.9. The molecule has 2 aromatic rings. The van der Waals surface area contributed by atoms with Gasteiger partial charge in [-0.3, -0.25) is 9.59 Å². The van der Waals surface area contributed by atoms with Gasteiger partial charge >= 0.3 is 5.97 Å². The summed E-state index contributed by atoms with van der Waals surface area (Å²) in [5.74, 6) is 1.44. The van der Waals surface area contributed by atoms with E-state index in [2.05, 4.69) is 41.0 Å². The third-order valence-corrected chi connectivity index (χ3v) is 8.31. The summed E-state index contributed by atoms with van der Waals surface area (Å²) < 4.78 is 0. The number of hydrogen-bond acceptors (Lipinski definition) is 5. The molecule has 1 unspecified atom stereocenters. The molecule has 4 heterocycles. The molecule has 0 spiro atoms. The Morgan fingerprint density at radius 3 is 2.75 bits per heavy atom. The van der Waals surface area contributed by atoms with Crippen LogP contribution in [-0.4, -0.2) is 53.0 Å². The van der Waals surface area contributed by atoms with Crippen molar-refractivity contribution in [1.82, 2.24) is 9.88 Å². The minimum atomic E-state index is -0.711. The van der Waals surface area contributed by atoms with Crippen LogP contribution in [-0.2, 0) is 28.9 Å². The molecule has 0 aliphatic carbocycles. The standard InChI is InChI=1S/C29H38N4O3/c34-27(10-9-25-8-7-21-5-3-13-30-29(21)32-25)33-14-11-20(12-15-33)16-23(18-28(35)36)24-17-22-4-1-2-6-26(22)31-19-24/h1-2,4,6-8,20,23-24,31H,3,5,9-19H2,(H,30,32)(H,35,36)/t23-,24?/m0/s1. The lowest BCUT2D eigenvalue weighted by Crippen LogP contribution is -2.40. The van der Waals surface area contributed by atoms with E-state index in [0.29, 0.717) is 24.7 Å². The number of aliphatic carboxylic acids is 1. The number of piperidine rings is 1. The molecule has 1 aromatic carbocycles. The normalized spacial score (nSPS) is 20.4. The SMILES string of the molecule is O=C(O)C[C@H](CC1CCN(C(=O)CCc2ccc3c(n2)NCCC3)CC1)C1CNc2ccccc2C1. The van der Waals surface area contributed by atoms with E-state index in [-0.39, 0.29) is 18.2 Å². The van der Waals surface area contributed by atoms with Crippen molar-refractivity contribution >= 4 is 23.4 Å². The Morgan fingerprint density at radius 2 is 1.92 bits per heavy atom. The van der Waals surface area contributed by atoms with Crippen LogP contribution < -0.4 is 10.6 Å². The number of aromatic nitrogens is 1. The van der Waals surface area contributed by atoms with Crippen molar-refractivity contribution in [1.29, 1.82) is 0 Å². The van der Waals surface area contributed by atoms with E-state index in [0.717, 1.165) is 76.2 Å². The number of para-hydroxylation sites is 1. The summed E-state index contributed by atoms with van der Waals surface area (Å²) in [4.78, 5) is 31.3. The molecule has 1 aromatic heterocycles. The Labute approximate surface area is 213 Å². The van der Waals surface area contributed by atoms with E-state index in [1.807, 2.05) is 11.0 Å². The number of carbonyl (C=O) groups excluding carboxylic acids is 1. The van der Waals surface area contributed by atoms with E-state index in [4.69, 9.17) is 4.98 Å². The molecule has 2 atom stereocenters. The Kier molecular flexibility index (Phi) is 7.73. The number of benzene rings is 1. The number of likely N-dealkylation sites (tertiary alicyclic amines) is 1. The highest BCUT2D eigenvalue weighted by atomic mass is 16.4. The second kappa shape index (κ2) is 11.3. The molecule has 3 aliphatic rings. The number of nitrogens with one attached hydrogen (secondary N) is 2. The summed E-state index contributed by atoms with van der Waals surface area (Å²) in [5, 5.41) is 16.5. The number of amides is 1. The van der Waals surface area contributed by atoms with E-state index < -0.39 is 5.97 Å². The lowest BCUT2D eigenvalue weighted by Gasteiger charge is -2.37. The Balaban J connectivity index is 1.11. The van der Waals surface area contributed by atoms with Gasteiger partial charge in [-0.05, 0) is 86.0 Å². The van der Waals surface area contributed by atoms with Gasteiger partial charge in [-0.15, -0.1) is 0 Å². The minimum absolute atomic E-state index is 0.152. The smallest absolute Gasteiger partial charge is 0.303 e. The summed E-state index contributed by atoms with van der Waals surface area (Å²) >= 11 is 0. The molecule has 36 heavy (non-hydrogen) atoms. The van der Waals surface area contributed by atoms with Crippen LogP contribution in [0.15, 0.2) is 36.4 Å². The Morgan fingerprint density at radius 1 is 1.08 bits per heavy atom. The molecule has 0 saturated carbocycles. The molecular weight excluding hydrogens is 452 g/mol. The first kappa shape index (κ1) is 24.6. The van der Waals surface area contributed by atoms with Gasteiger partial charge in [0.15, 0.2) is 0 Å². The second-order valence-corrected chi connectivity index (χ2v) is 10.8. The van der Waals surface area contributed by atoms with Gasteiger partial charge in [0, 0.05) is 50.4 Å². The average molecular weight is 491 g/mol. The van der Waals surface area contributed by atoms with E-state index >= 15 is 0 Å². The number of nitrogens with zero attached hydrogens (tertiary/aromatic N) is 2. The fourth-order valence-corrected chi connectivity index (χ4v) is 6.21. The fourth-order valence-electron chi connectivity index (χ4n) is 6.21. The zero-order chi connectivity index (χ0) is 24.9. The summed E-state index contributed by atoms with van der Waals surface area (Å²) in [6.07, 6.45) is 7.37. The van der Waals surface area contributed by atoms with Crippen molar-refractivity contribution in [3.8, 4) is 0 Å². The van der Waals surface area contributed by atoms with Gasteiger partial charge in [-0.2, -0.15) is 0 Å². The van der Waals surface area contributed by atoms with Gasteiger partial charge < -0.3 is 20.6 Å². The highest BCUT2D eigenvalue weighted by Crippen LogP contribution is 2.35. The maximum atomic E-state index is 12.9. The second-order valence-electron chi connectivity index (χ2n) is 10.8. The highest BCUT2D eigenvalue weighted by Gasteiger charge is 2.32. The van der Waals surface area contributed by atoms with E-state index in [1.54, 1.807) is 0 Å². The monoisotopic (exact) mass is 490 g/mol. The molecule has 7 nitrogen and oxygen atoms in total. The van der Waals surface area contributed by atoms with Gasteiger partial charge in [-0.25, -0.2) is 4.98 Å². The van der Waals surface area contributed by atoms with Gasteiger partial charge in [0.1, 0.15) is 5.82 Å². The Hall–Kier alpha value is -3.09. The fraction of sp³-hybridized carbons (Fsp3) is 0.552. The number of aryl methyl sites for hydroxylation is 2. The van der Waals surface area contributed by atoms with Crippen molar-refractivity contribution in [3.63, 3.8) is 0 Å². The number of carboxylic acids is 1.